The van der Waals surface area contributed by atoms with E-state index in [2.05, 4.69) is 5.32 Å². The number of nitrogens with two attached hydrogens (primary N) is 1. The summed E-state index contributed by atoms with van der Waals surface area (Å²) in [5, 5.41) is 2.77. The minimum Gasteiger partial charge on any atom is -0.354 e. The summed E-state index contributed by atoms with van der Waals surface area (Å²) in [6.07, 6.45) is 2.34. The van der Waals surface area contributed by atoms with Gasteiger partial charge in [0, 0.05) is 35.4 Å². The molecule has 0 spiro atoms. The number of hydrogen-bond acceptors (Lipinski definition) is 3. The van der Waals surface area contributed by atoms with Gasteiger partial charge < -0.3 is 11.1 Å². The number of amides is 1. The Labute approximate surface area is 94.4 Å². The highest BCUT2D eigenvalue weighted by Crippen LogP contribution is 2.18. The molecule has 0 saturated heterocycles. The number of rotatable bonds is 6. The van der Waals surface area contributed by atoms with Crippen LogP contribution in [0.4, 0.5) is 0 Å². The highest BCUT2D eigenvalue weighted by atomic mass is 32.2. The molecule has 0 saturated carbocycles. The third-order valence-electron chi connectivity index (χ3n) is 2.90. The minimum absolute atomic E-state index is 0.0205. The Bertz CT molecular complexity index is 240. The van der Waals surface area contributed by atoms with Gasteiger partial charge in [0.05, 0.1) is 5.41 Å². The van der Waals surface area contributed by atoms with Crippen molar-refractivity contribution in [3.8, 4) is 0 Å². The van der Waals surface area contributed by atoms with Crippen LogP contribution < -0.4 is 11.1 Å². The standard InChI is InChI=1S/C10H22N2O2S/c1-5-10(3,7-11)9(13)12-6-8(2)15(4)14/h8H,5-7,11H2,1-4H3,(H,12,13). The smallest absolute Gasteiger partial charge is 0.227 e. The van der Waals surface area contributed by atoms with Gasteiger partial charge in [-0.2, -0.15) is 0 Å². The van der Waals surface area contributed by atoms with Crippen molar-refractivity contribution in [2.75, 3.05) is 19.3 Å². The Balaban J connectivity index is 4.19. The molecule has 0 bridgehead atoms. The van der Waals surface area contributed by atoms with Crippen LogP contribution in [0.15, 0.2) is 0 Å². The summed E-state index contributed by atoms with van der Waals surface area (Å²) >= 11 is 0. The van der Waals surface area contributed by atoms with Crippen molar-refractivity contribution in [3.63, 3.8) is 0 Å². The first-order valence-electron chi connectivity index (χ1n) is 5.18. The summed E-state index contributed by atoms with van der Waals surface area (Å²) in [6, 6.07) is 0. The lowest BCUT2D eigenvalue weighted by atomic mass is 9.87. The predicted octanol–water partition coefficient (Wildman–Crippen LogP) is 0.245. The van der Waals surface area contributed by atoms with E-state index in [-0.39, 0.29) is 11.2 Å². The van der Waals surface area contributed by atoms with E-state index in [4.69, 9.17) is 5.73 Å². The molecule has 15 heavy (non-hydrogen) atoms. The van der Waals surface area contributed by atoms with Crippen LogP contribution >= 0.6 is 0 Å². The average molecular weight is 234 g/mol. The fourth-order valence-electron chi connectivity index (χ4n) is 0.965. The fourth-order valence-corrected chi connectivity index (χ4v) is 1.28. The second kappa shape index (κ2) is 6.23. The Morgan fingerprint density at radius 1 is 1.60 bits per heavy atom. The van der Waals surface area contributed by atoms with Gasteiger partial charge in [-0.25, -0.2) is 0 Å². The molecule has 3 atom stereocenters. The lowest BCUT2D eigenvalue weighted by Gasteiger charge is -2.25. The Morgan fingerprint density at radius 3 is 2.47 bits per heavy atom. The largest absolute Gasteiger partial charge is 0.354 e. The molecule has 0 aliphatic heterocycles. The first-order chi connectivity index (χ1) is 6.87. The molecular formula is C10H22N2O2S. The summed E-state index contributed by atoms with van der Waals surface area (Å²) in [4.78, 5) is 11.8. The van der Waals surface area contributed by atoms with Gasteiger partial charge in [-0.1, -0.05) is 6.92 Å². The van der Waals surface area contributed by atoms with Gasteiger partial charge in [0.15, 0.2) is 0 Å². The first kappa shape index (κ1) is 14.6. The molecule has 0 fully saturated rings. The SMILES string of the molecule is CCC(C)(CN)C(=O)NCC(C)S(C)=O. The summed E-state index contributed by atoms with van der Waals surface area (Å²) < 4.78 is 11.1. The number of carbonyl (C=O) groups excluding carboxylic acids is 1. The van der Waals surface area contributed by atoms with E-state index < -0.39 is 16.2 Å². The molecule has 4 nitrogen and oxygen atoms in total. The van der Waals surface area contributed by atoms with Crippen LogP contribution in [0, 0.1) is 5.41 Å². The zero-order valence-corrected chi connectivity index (χ0v) is 10.8. The summed E-state index contributed by atoms with van der Waals surface area (Å²) in [7, 11) is -0.903. The Morgan fingerprint density at radius 2 is 2.13 bits per heavy atom. The highest BCUT2D eigenvalue weighted by molar-refractivity contribution is 7.84. The Kier molecular flexibility index (Phi) is 6.05. The van der Waals surface area contributed by atoms with Gasteiger partial charge in [0.1, 0.15) is 0 Å². The van der Waals surface area contributed by atoms with E-state index in [1.807, 2.05) is 20.8 Å². The van der Waals surface area contributed by atoms with Crippen LogP contribution in [-0.2, 0) is 15.6 Å². The minimum atomic E-state index is -0.903. The lowest BCUT2D eigenvalue weighted by molar-refractivity contribution is -0.129. The summed E-state index contributed by atoms with van der Waals surface area (Å²) in [5.74, 6) is -0.0511. The molecule has 90 valence electrons. The number of hydrogen-bond donors (Lipinski definition) is 2. The van der Waals surface area contributed by atoms with Crippen molar-refractivity contribution in [3.05, 3.63) is 0 Å². The van der Waals surface area contributed by atoms with Crippen LogP contribution in [0.1, 0.15) is 27.2 Å². The second-order valence-electron chi connectivity index (χ2n) is 4.14. The van der Waals surface area contributed by atoms with E-state index in [1.54, 1.807) is 6.26 Å². The van der Waals surface area contributed by atoms with Crippen molar-refractivity contribution in [2.45, 2.75) is 32.4 Å². The molecule has 1 amide bonds. The maximum atomic E-state index is 11.8. The molecule has 5 heteroatoms. The van der Waals surface area contributed by atoms with E-state index in [1.165, 1.54) is 0 Å². The van der Waals surface area contributed by atoms with Gasteiger partial charge >= 0.3 is 0 Å². The van der Waals surface area contributed by atoms with Crippen LogP contribution in [-0.4, -0.2) is 34.7 Å². The molecule has 0 aromatic rings. The van der Waals surface area contributed by atoms with Crippen molar-refractivity contribution in [1.29, 1.82) is 0 Å². The summed E-state index contributed by atoms with van der Waals surface area (Å²) in [6.45, 7) is 6.41. The van der Waals surface area contributed by atoms with E-state index in [9.17, 15) is 9.00 Å². The lowest BCUT2D eigenvalue weighted by Crippen LogP contribution is -2.45. The van der Waals surface area contributed by atoms with Crippen molar-refractivity contribution in [2.24, 2.45) is 11.1 Å². The molecule has 0 aliphatic rings. The molecule has 3 unspecified atom stereocenters. The first-order valence-corrected chi connectivity index (χ1v) is 6.80. The van der Waals surface area contributed by atoms with Crippen LogP contribution in [0.3, 0.4) is 0 Å². The van der Waals surface area contributed by atoms with Crippen LogP contribution in [0.2, 0.25) is 0 Å². The molecule has 0 heterocycles. The maximum absolute atomic E-state index is 11.8. The monoisotopic (exact) mass is 234 g/mol. The zero-order valence-electron chi connectivity index (χ0n) is 10.0. The fraction of sp³-hybridized carbons (Fsp3) is 0.900. The molecular weight excluding hydrogens is 212 g/mol. The molecule has 0 aromatic carbocycles. The molecule has 0 aromatic heterocycles. The topological polar surface area (TPSA) is 72.2 Å². The number of nitrogens with one attached hydrogen (secondary N) is 1. The van der Waals surface area contributed by atoms with Crippen molar-refractivity contribution < 1.29 is 9.00 Å². The average Bonchev–Trinajstić information content (AvgIpc) is 2.23. The quantitative estimate of drug-likeness (QED) is 0.692. The third-order valence-corrected chi connectivity index (χ3v) is 4.20. The zero-order chi connectivity index (χ0) is 12.1. The Hall–Kier alpha value is -0.420. The summed E-state index contributed by atoms with van der Waals surface area (Å²) in [5.41, 5.74) is 5.06. The molecule has 0 rings (SSSR count). The van der Waals surface area contributed by atoms with Crippen LogP contribution in [0.25, 0.3) is 0 Å². The maximum Gasteiger partial charge on any atom is 0.227 e. The van der Waals surface area contributed by atoms with Crippen molar-refractivity contribution >= 4 is 16.7 Å². The normalized spacial score (nSPS) is 19.0. The van der Waals surface area contributed by atoms with E-state index in [0.29, 0.717) is 19.5 Å². The van der Waals surface area contributed by atoms with E-state index >= 15 is 0 Å². The van der Waals surface area contributed by atoms with E-state index in [0.717, 1.165) is 0 Å². The number of carbonyl (C=O) groups is 1. The highest BCUT2D eigenvalue weighted by Gasteiger charge is 2.29. The van der Waals surface area contributed by atoms with Gasteiger partial charge in [0.2, 0.25) is 5.91 Å². The van der Waals surface area contributed by atoms with Gasteiger partial charge in [0.25, 0.3) is 0 Å². The van der Waals surface area contributed by atoms with Gasteiger partial charge in [-0.3, -0.25) is 9.00 Å². The van der Waals surface area contributed by atoms with Gasteiger partial charge in [-0.05, 0) is 20.3 Å². The second-order valence-corrected chi connectivity index (χ2v) is 5.94. The predicted molar refractivity (Wildman–Crippen MR) is 64.0 cm³/mol. The van der Waals surface area contributed by atoms with Crippen molar-refractivity contribution in [1.82, 2.24) is 5.32 Å². The molecule has 3 N–H and O–H groups in total. The molecule has 0 aliphatic carbocycles. The van der Waals surface area contributed by atoms with Crippen LogP contribution in [0.5, 0.6) is 0 Å². The third kappa shape index (κ3) is 4.30. The molecule has 0 radical (unpaired) electrons. The van der Waals surface area contributed by atoms with Gasteiger partial charge in [-0.15, -0.1) is 0 Å².